The van der Waals surface area contributed by atoms with Crippen LogP contribution in [-0.2, 0) is 11.4 Å². The van der Waals surface area contributed by atoms with Gasteiger partial charge in [0.05, 0.1) is 17.3 Å². The predicted octanol–water partition coefficient (Wildman–Crippen LogP) is 7.71. The number of carbonyl (C=O) groups is 2. The lowest BCUT2D eigenvalue weighted by molar-refractivity contribution is -0.118. The van der Waals surface area contributed by atoms with Gasteiger partial charge >= 0.3 is 0 Å². The molecule has 0 bridgehead atoms. The van der Waals surface area contributed by atoms with Gasteiger partial charge in [-0.2, -0.15) is 0 Å². The smallest absolute Gasteiger partial charge is 0.262 e. The molecule has 0 fully saturated rings. The lowest BCUT2D eigenvalue weighted by Gasteiger charge is -2.37. The minimum absolute atomic E-state index is 0.0373. The predicted molar refractivity (Wildman–Crippen MR) is 160 cm³/mol. The second kappa shape index (κ2) is 11.0. The van der Waals surface area contributed by atoms with Gasteiger partial charge in [-0.15, -0.1) is 0 Å². The van der Waals surface area contributed by atoms with Crippen molar-refractivity contribution in [3.05, 3.63) is 131 Å². The third kappa shape index (κ3) is 5.36. The van der Waals surface area contributed by atoms with E-state index in [-0.39, 0.29) is 58.4 Å². The quantitative estimate of drug-likeness (QED) is 0.237. The van der Waals surface area contributed by atoms with E-state index in [9.17, 15) is 14.7 Å². The average Bonchev–Trinajstić information content (AvgIpc) is 3.11. The summed E-state index contributed by atoms with van der Waals surface area (Å²) in [6.07, 6.45) is 0.563. The zero-order valence-corrected chi connectivity index (χ0v) is 23.7. The van der Waals surface area contributed by atoms with E-state index < -0.39 is 29.0 Å². The molecule has 2 aliphatic rings. The summed E-state index contributed by atoms with van der Waals surface area (Å²) < 4.78 is 37.1. The Morgan fingerprint density at radius 3 is 2.44 bits per heavy atom. The van der Waals surface area contributed by atoms with Crippen molar-refractivity contribution in [2.75, 3.05) is 10.2 Å². The molecule has 0 saturated carbocycles. The summed E-state index contributed by atoms with van der Waals surface area (Å²) in [6.45, 7) is 4.12. The fraction of sp³-hybridized carbons (Fsp3) is 0.200. The number of halogens is 2. The number of hydrogen-bond acceptors (Lipinski definition) is 5. The molecule has 218 valence electrons. The monoisotopic (exact) mass is 580 g/mol. The molecule has 1 heterocycles. The van der Waals surface area contributed by atoms with E-state index in [2.05, 4.69) is 5.32 Å². The Morgan fingerprint density at radius 1 is 0.953 bits per heavy atom. The first kappa shape index (κ1) is 28.2. The number of rotatable bonds is 5. The molecule has 1 amide bonds. The molecule has 1 atom stereocenters. The van der Waals surface area contributed by atoms with Gasteiger partial charge in [0, 0.05) is 29.3 Å². The van der Waals surface area contributed by atoms with Gasteiger partial charge in [-0.25, -0.2) is 8.78 Å². The van der Waals surface area contributed by atoms with Crippen LogP contribution in [-0.4, -0.2) is 16.8 Å². The first-order chi connectivity index (χ1) is 20.6. The second-order valence-electron chi connectivity index (χ2n) is 11.6. The number of benzene rings is 4. The number of amides is 1. The van der Waals surface area contributed by atoms with E-state index in [0.717, 1.165) is 5.56 Å². The average molecular weight is 581 g/mol. The molecule has 0 unspecified atom stereocenters. The van der Waals surface area contributed by atoms with Crippen LogP contribution in [0.1, 0.15) is 54.2 Å². The van der Waals surface area contributed by atoms with Gasteiger partial charge in [0.15, 0.2) is 5.78 Å². The molecule has 6 rings (SSSR count). The van der Waals surface area contributed by atoms with Crippen molar-refractivity contribution in [3.63, 3.8) is 0 Å². The van der Waals surface area contributed by atoms with Gasteiger partial charge in [0.2, 0.25) is 0 Å². The van der Waals surface area contributed by atoms with Crippen molar-refractivity contribution < 1.29 is 28.2 Å². The summed E-state index contributed by atoms with van der Waals surface area (Å²) in [5, 5.41) is 14.1. The highest BCUT2D eigenvalue weighted by Gasteiger charge is 2.45. The second-order valence-corrected chi connectivity index (χ2v) is 11.6. The van der Waals surface area contributed by atoms with E-state index in [1.54, 1.807) is 18.2 Å². The van der Waals surface area contributed by atoms with Crippen LogP contribution in [0.15, 0.2) is 102 Å². The number of phenolic OH excluding ortho intramolecular Hbond substituents is 1. The Morgan fingerprint density at radius 2 is 1.70 bits per heavy atom. The van der Waals surface area contributed by atoms with E-state index in [0.29, 0.717) is 12.1 Å². The number of anilines is 2. The van der Waals surface area contributed by atoms with Crippen molar-refractivity contribution in [1.29, 1.82) is 0 Å². The Labute approximate surface area is 248 Å². The number of fused-ring (bicyclic) bond motifs is 1. The molecule has 43 heavy (non-hydrogen) atoms. The molecule has 0 radical (unpaired) electrons. The number of ketones is 1. The summed E-state index contributed by atoms with van der Waals surface area (Å²) in [5.74, 6) is -2.42. The maximum Gasteiger partial charge on any atom is 0.262 e. The molecule has 8 heteroatoms. The highest BCUT2D eigenvalue weighted by Crippen LogP contribution is 2.51. The largest absolute Gasteiger partial charge is 0.506 e. The van der Waals surface area contributed by atoms with Crippen LogP contribution in [0.25, 0.3) is 0 Å². The van der Waals surface area contributed by atoms with Gasteiger partial charge < -0.3 is 15.2 Å². The van der Waals surface area contributed by atoms with Crippen molar-refractivity contribution in [2.45, 2.75) is 39.3 Å². The first-order valence-corrected chi connectivity index (χ1v) is 14.0. The van der Waals surface area contributed by atoms with E-state index in [1.165, 1.54) is 47.4 Å². The number of allylic oxidation sites excluding steroid dienone is 1. The Bertz CT molecular complexity index is 1770. The van der Waals surface area contributed by atoms with Crippen molar-refractivity contribution in [3.8, 4) is 11.5 Å². The minimum Gasteiger partial charge on any atom is -0.506 e. The van der Waals surface area contributed by atoms with Crippen LogP contribution < -0.4 is 15.0 Å². The zero-order chi connectivity index (χ0) is 30.3. The molecule has 4 aromatic carbocycles. The van der Waals surface area contributed by atoms with Gasteiger partial charge in [0.25, 0.3) is 5.91 Å². The molecule has 2 N–H and O–H groups in total. The van der Waals surface area contributed by atoms with E-state index in [4.69, 9.17) is 4.74 Å². The summed E-state index contributed by atoms with van der Waals surface area (Å²) in [4.78, 5) is 29.4. The topological polar surface area (TPSA) is 78.9 Å². The van der Waals surface area contributed by atoms with Crippen molar-refractivity contribution in [2.24, 2.45) is 5.41 Å². The molecule has 1 aliphatic heterocycles. The van der Waals surface area contributed by atoms with Crippen LogP contribution in [0.5, 0.6) is 11.5 Å². The lowest BCUT2D eigenvalue weighted by Crippen LogP contribution is -2.40. The molecule has 1 aliphatic carbocycles. The SMILES string of the molecule is CC1(C)CC(=O)C2=C(C1)Nc1c(O)cccc1N(C(=O)c1ccccc1F)[C@H]2c1ccc(OCc2ccccc2)cc1F. The number of nitrogens with one attached hydrogen (secondary N) is 1. The number of ether oxygens (including phenoxy) is 1. The third-order valence-corrected chi connectivity index (χ3v) is 7.85. The summed E-state index contributed by atoms with van der Waals surface area (Å²) >= 11 is 0. The Kier molecular flexibility index (Phi) is 7.22. The Hall–Kier alpha value is -4.98. The number of phenols is 1. The van der Waals surface area contributed by atoms with Crippen molar-refractivity contribution >= 4 is 23.1 Å². The van der Waals surface area contributed by atoms with Gasteiger partial charge in [-0.05, 0) is 53.8 Å². The Balaban J connectivity index is 1.54. The van der Waals surface area contributed by atoms with Crippen LogP contribution >= 0.6 is 0 Å². The number of Topliss-reactive ketones (excluding diaryl/α,β-unsaturated/α-hetero) is 1. The normalized spacial score (nSPS) is 17.4. The number of nitrogens with zero attached hydrogens (tertiary/aromatic N) is 1. The molecule has 0 saturated heterocycles. The van der Waals surface area contributed by atoms with Crippen molar-refractivity contribution in [1.82, 2.24) is 0 Å². The minimum atomic E-state index is -1.26. The van der Waals surface area contributed by atoms with Crippen LogP contribution in [0.2, 0.25) is 0 Å². The molecular weight excluding hydrogens is 550 g/mol. The van der Waals surface area contributed by atoms with Gasteiger partial charge in [0.1, 0.15) is 35.4 Å². The molecule has 6 nitrogen and oxygen atoms in total. The zero-order valence-electron chi connectivity index (χ0n) is 23.7. The third-order valence-electron chi connectivity index (χ3n) is 7.85. The summed E-state index contributed by atoms with van der Waals surface area (Å²) in [7, 11) is 0. The molecule has 4 aromatic rings. The van der Waals surface area contributed by atoms with E-state index in [1.807, 2.05) is 44.2 Å². The molecule has 0 spiro atoms. The number of hydrogen-bond donors (Lipinski definition) is 2. The fourth-order valence-corrected chi connectivity index (χ4v) is 5.89. The molecule has 0 aromatic heterocycles. The summed E-state index contributed by atoms with van der Waals surface area (Å²) in [6, 6.07) is 22.6. The maximum absolute atomic E-state index is 16.2. The van der Waals surface area contributed by atoms with Gasteiger partial charge in [-0.3, -0.25) is 14.5 Å². The van der Waals surface area contributed by atoms with Crippen LogP contribution in [0.4, 0.5) is 20.2 Å². The lowest BCUT2D eigenvalue weighted by atomic mass is 9.73. The van der Waals surface area contributed by atoms with Crippen LogP contribution in [0.3, 0.4) is 0 Å². The van der Waals surface area contributed by atoms with Gasteiger partial charge in [-0.1, -0.05) is 62.4 Å². The highest BCUT2D eigenvalue weighted by molar-refractivity contribution is 6.12. The fourth-order valence-electron chi connectivity index (χ4n) is 5.89. The summed E-state index contributed by atoms with van der Waals surface area (Å²) in [5.41, 5.74) is 1.28. The van der Waals surface area contributed by atoms with Crippen LogP contribution in [0, 0.1) is 17.0 Å². The standard InChI is InChI=1S/C35H30F2N2O4/c1-35(2)18-27-31(30(41)19-35)33(23-16-15-22(17-26(23)37)43-20-21-9-4-3-5-10-21)39(28-13-8-14-29(40)32(28)38-27)34(42)24-11-6-7-12-25(24)36/h3-17,33,38,40H,18-20H2,1-2H3/t33-/m0/s1. The molecular formula is C35H30F2N2O4. The number of aromatic hydroxyl groups is 1. The number of carbonyl (C=O) groups excluding carboxylic acids is 2. The first-order valence-electron chi connectivity index (χ1n) is 14.0. The highest BCUT2D eigenvalue weighted by atomic mass is 19.1. The van der Waals surface area contributed by atoms with E-state index >= 15 is 8.78 Å². The number of para-hydroxylation sites is 1. The maximum atomic E-state index is 16.2.